The Morgan fingerprint density at radius 2 is 1.96 bits per heavy atom. The van der Waals surface area contributed by atoms with Gasteiger partial charge in [-0.3, -0.25) is 0 Å². The SMILES string of the molecule is CC(C)CC(O)CNC(=O)NC(c1nc2ccccc2[nH]1)C(C)C. The maximum Gasteiger partial charge on any atom is 0.315 e. The highest BCUT2D eigenvalue weighted by molar-refractivity contribution is 5.76. The van der Waals surface area contributed by atoms with Gasteiger partial charge in [0.1, 0.15) is 5.82 Å². The van der Waals surface area contributed by atoms with Crippen molar-refractivity contribution < 1.29 is 9.90 Å². The monoisotopic (exact) mass is 332 g/mol. The van der Waals surface area contributed by atoms with Crippen molar-refractivity contribution in [2.24, 2.45) is 11.8 Å². The van der Waals surface area contributed by atoms with Crippen LogP contribution in [-0.2, 0) is 0 Å². The van der Waals surface area contributed by atoms with Crippen LogP contribution in [0.2, 0.25) is 0 Å². The summed E-state index contributed by atoms with van der Waals surface area (Å²) >= 11 is 0. The molecule has 2 amide bonds. The summed E-state index contributed by atoms with van der Waals surface area (Å²) in [4.78, 5) is 20.0. The van der Waals surface area contributed by atoms with Crippen LogP contribution in [0.5, 0.6) is 0 Å². The van der Waals surface area contributed by atoms with Crippen molar-refractivity contribution in [1.82, 2.24) is 20.6 Å². The van der Waals surface area contributed by atoms with Crippen molar-refractivity contribution >= 4 is 17.1 Å². The number of hydrogen-bond donors (Lipinski definition) is 4. The molecule has 1 aromatic carbocycles. The number of urea groups is 1. The zero-order chi connectivity index (χ0) is 17.7. The van der Waals surface area contributed by atoms with Gasteiger partial charge in [-0.25, -0.2) is 9.78 Å². The van der Waals surface area contributed by atoms with Gasteiger partial charge < -0.3 is 20.7 Å². The molecule has 0 aliphatic rings. The largest absolute Gasteiger partial charge is 0.391 e. The van der Waals surface area contributed by atoms with Crippen LogP contribution in [0.25, 0.3) is 11.0 Å². The Hall–Kier alpha value is -2.08. The van der Waals surface area contributed by atoms with Crippen LogP contribution < -0.4 is 10.6 Å². The van der Waals surface area contributed by atoms with Crippen molar-refractivity contribution in [3.63, 3.8) is 0 Å². The van der Waals surface area contributed by atoms with Gasteiger partial charge in [0, 0.05) is 6.54 Å². The van der Waals surface area contributed by atoms with E-state index in [-0.39, 0.29) is 24.5 Å². The lowest BCUT2D eigenvalue weighted by molar-refractivity contribution is 0.146. The van der Waals surface area contributed by atoms with Gasteiger partial charge in [0.25, 0.3) is 0 Å². The van der Waals surface area contributed by atoms with Crippen LogP contribution in [0.15, 0.2) is 24.3 Å². The number of benzene rings is 1. The average molecular weight is 332 g/mol. The first-order chi connectivity index (χ1) is 11.4. The smallest absolute Gasteiger partial charge is 0.315 e. The van der Waals surface area contributed by atoms with E-state index < -0.39 is 6.10 Å². The second kappa shape index (κ2) is 8.15. The van der Waals surface area contributed by atoms with Crippen LogP contribution in [0.1, 0.15) is 46.0 Å². The van der Waals surface area contributed by atoms with Crippen molar-refractivity contribution in [3.8, 4) is 0 Å². The molecule has 132 valence electrons. The summed E-state index contributed by atoms with van der Waals surface area (Å²) in [6.07, 6.45) is 0.136. The molecule has 2 aromatic rings. The maximum atomic E-state index is 12.2. The van der Waals surface area contributed by atoms with Gasteiger partial charge in [0.15, 0.2) is 0 Å². The van der Waals surface area contributed by atoms with Crippen molar-refractivity contribution in [2.75, 3.05) is 6.54 Å². The number of fused-ring (bicyclic) bond motifs is 1. The van der Waals surface area contributed by atoms with Crippen LogP contribution in [0.3, 0.4) is 0 Å². The molecule has 1 heterocycles. The third-order valence-electron chi connectivity index (χ3n) is 3.90. The molecule has 0 aliphatic heterocycles. The fourth-order valence-electron chi connectivity index (χ4n) is 2.70. The van der Waals surface area contributed by atoms with E-state index in [2.05, 4.69) is 20.6 Å². The van der Waals surface area contributed by atoms with E-state index in [1.54, 1.807) is 0 Å². The van der Waals surface area contributed by atoms with Gasteiger partial charge in [-0.1, -0.05) is 39.8 Å². The molecule has 2 atom stereocenters. The first-order valence-electron chi connectivity index (χ1n) is 8.54. The first-order valence-corrected chi connectivity index (χ1v) is 8.54. The third kappa shape index (κ3) is 4.96. The first kappa shape index (κ1) is 18.3. The van der Waals surface area contributed by atoms with E-state index in [9.17, 15) is 9.90 Å². The summed E-state index contributed by atoms with van der Waals surface area (Å²) in [6.45, 7) is 8.39. The molecule has 0 bridgehead atoms. The Bertz CT molecular complexity index is 633. The molecule has 0 saturated heterocycles. The highest BCUT2D eigenvalue weighted by atomic mass is 16.3. The number of aliphatic hydroxyl groups is 1. The van der Waals surface area contributed by atoms with Gasteiger partial charge in [-0.05, 0) is 30.4 Å². The lowest BCUT2D eigenvalue weighted by Gasteiger charge is -2.21. The summed E-state index contributed by atoms with van der Waals surface area (Å²) in [5.74, 6) is 1.31. The minimum absolute atomic E-state index is 0.178. The van der Waals surface area contributed by atoms with Gasteiger partial charge in [0.05, 0.1) is 23.2 Å². The van der Waals surface area contributed by atoms with Gasteiger partial charge in [-0.15, -0.1) is 0 Å². The highest BCUT2D eigenvalue weighted by Crippen LogP contribution is 2.22. The van der Waals surface area contributed by atoms with Crippen molar-refractivity contribution in [2.45, 2.75) is 46.3 Å². The van der Waals surface area contributed by atoms with Crippen molar-refractivity contribution in [1.29, 1.82) is 0 Å². The standard InChI is InChI=1S/C18H28N4O2/c1-11(2)9-13(23)10-19-18(24)22-16(12(3)4)17-20-14-7-5-6-8-15(14)21-17/h5-8,11-13,16,23H,9-10H2,1-4H3,(H,20,21)(H2,19,22,24). The molecule has 0 radical (unpaired) electrons. The summed E-state index contributed by atoms with van der Waals surface area (Å²) < 4.78 is 0. The summed E-state index contributed by atoms with van der Waals surface area (Å²) in [5.41, 5.74) is 1.83. The number of nitrogens with one attached hydrogen (secondary N) is 3. The number of aromatic amines is 1. The second-order valence-electron chi connectivity index (χ2n) is 7.00. The molecule has 0 fully saturated rings. The molecule has 4 N–H and O–H groups in total. The third-order valence-corrected chi connectivity index (χ3v) is 3.90. The highest BCUT2D eigenvalue weighted by Gasteiger charge is 2.22. The molecule has 0 spiro atoms. The molecule has 6 heteroatoms. The van der Waals surface area contributed by atoms with Crippen LogP contribution in [0.4, 0.5) is 4.79 Å². The molecule has 2 rings (SSSR count). The second-order valence-corrected chi connectivity index (χ2v) is 7.00. The van der Waals surface area contributed by atoms with Crippen LogP contribution in [-0.4, -0.2) is 33.8 Å². The average Bonchev–Trinajstić information content (AvgIpc) is 2.93. The summed E-state index contributed by atoms with van der Waals surface area (Å²) in [7, 11) is 0. The number of para-hydroxylation sites is 2. The number of nitrogens with zero attached hydrogens (tertiary/aromatic N) is 1. The minimum Gasteiger partial charge on any atom is -0.391 e. The lowest BCUT2D eigenvalue weighted by atomic mass is 10.0. The quantitative estimate of drug-likeness (QED) is 0.628. The summed E-state index contributed by atoms with van der Waals surface area (Å²) in [5, 5.41) is 15.5. The fourth-order valence-corrected chi connectivity index (χ4v) is 2.70. The predicted octanol–water partition coefficient (Wildman–Crippen LogP) is 2.97. The molecule has 6 nitrogen and oxygen atoms in total. The number of imidazole rings is 1. The van der Waals surface area contributed by atoms with E-state index in [1.165, 1.54) is 0 Å². The van der Waals surface area contributed by atoms with E-state index in [0.29, 0.717) is 12.3 Å². The zero-order valence-electron chi connectivity index (χ0n) is 14.8. The Morgan fingerprint density at radius 3 is 2.58 bits per heavy atom. The minimum atomic E-state index is -0.528. The zero-order valence-corrected chi connectivity index (χ0v) is 14.8. The number of aliphatic hydroxyl groups excluding tert-OH is 1. The molecule has 0 aliphatic carbocycles. The fraction of sp³-hybridized carbons (Fsp3) is 0.556. The molecule has 0 saturated carbocycles. The van der Waals surface area contributed by atoms with Crippen molar-refractivity contribution in [3.05, 3.63) is 30.1 Å². The molecule has 24 heavy (non-hydrogen) atoms. The number of rotatable bonds is 7. The Balaban J connectivity index is 1.99. The van der Waals surface area contributed by atoms with Crippen LogP contribution in [0, 0.1) is 11.8 Å². The molecule has 1 aromatic heterocycles. The van der Waals surface area contributed by atoms with E-state index >= 15 is 0 Å². The number of carbonyl (C=O) groups excluding carboxylic acids is 1. The molecule has 2 unspecified atom stereocenters. The number of amides is 2. The number of carbonyl (C=O) groups is 1. The maximum absolute atomic E-state index is 12.2. The van der Waals surface area contributed by atoms with Crippen LogP contribution >= 0.6 is 0 Å². The lowest BCUT2D eigenvalue weighted by Crippen LogP contribution is -2.43. The predicted molar refractivity (Wildman–Crippen MR) is 95.7 cm³/mol. The van der Waals surface area contributed by atoms with Gasteiger partial charge in [0.2, 0.25) is 0 Å². The number of hydrogen-bond acceptors (Lipinski definition) is 3. The topological polar surface area (TPSA) is 90.0 Å². The van der Waals surface area contributed by atoms with E-state index in [4.69, 9.17) is 0 Å². The molecular weight excluding hydrogens is 304 g/mol. The molecular formula is C18H28N4O2. The Kier molecular flexibility index (Phi) is 6.20. The number of aromatic nitrogens is 2. The normalized spacial score (nSPS) is 14.1. The van der Waals surface area contributed by atoms with Gasteiger partial charge in [-0.2, -0.15) is 0 Å². The Morgan fingerprint density at radius 1 is 1.25 bits per heavy atom. The Labute approximate surface area is 143 Å². The van der Waals surface area contributed by atoms with E-state index in [0.717, 1.165) is 16.9 Å². The van der Waals surface area contributed by atoms with E-state index in [1.807, 2.05) is 52.0 Å². The van der Waals surface area contributed by atoms with Gasteiger partial charge >= 0.3 is 6.03 Å². The summed E-state index contributed by atoms with van der Waals surface area (Å²) in [6, 6.07) is 7.27. The number of H-pyrrole nitrogens is 1.